The summed E-state index contributed by atoms with van der Waals surface area (Å²) in [6, 6.07) is 22.0. The van der Waals surface area contributed by atoms with Crippen molar-refractivity contribution in [2.45, 2.75) is 0 Å². The van der Waals surface area contributed by atoms with Crippen LogP contribution in [0.4, 0.5) is 5.69 Å². The number of halogens is 2. The molecule has 0 heterocycles. The predicted octanol–water partition coefficient (Wildman–Crippen LogP) is 5.71. The van der Waals surface area contributed by atoms with E-state index in [9.17, 15) is 14.9 Å². The predicted molar refractivity (Wildman–Crippen MR) is 124 cm³/mol. The van der Waals surface area contributed by atoms with Crippen LogP contribution in [-0.2, 0) is 4.79 Å². The second kappa shape index (κ2) is 10.1. The first kappa shape index (κ1) is 21.6. The van der Waals surface area contributed by atoms with Crippen LogP contribution in [0, 0.1) is 14.9 Å². The van der Waals surface area contributed by atoms with E-state index in [1.807, 2.05) is 18.2 Å². The number of hydrogen-bond donors (Lipinski definition) is 1. The second-order valence-electron chi connectivity index (χ2n) is 6.10. The fourth-order valence-corrected chi connectivity index (χ4v) is 2.95. The highest BCUT2D eigenvalue weighted by atomic mass is 127. The Balaban J connectivity index is 1.74. The zero-order chi connectivity index (χ0) is 21.5. The second-order valence-corrected chi connectivity index (χ2v) is 7.78. The topological polar surface area (TPSA) is 79.2 Å². The zero-order valence-electron chi connectivity index (χ0n) is 15.4. The molecule has 0 saturated carbocycles. The molecule has 0 aliphatic heterocycles. The molecule has 148 valence electrons. The zero-order valence-corrected chi connectivity index (χ0v) is 18.3. The number of ether oxygens (including phenoxy) is 1. The van der Waals surface area contributed by atoms with Gasteiger partial charge in [0.2, 0.25) is 0 Å². The molecule has 30 heavy (non-hydrogen) atoms. The lowest BCUT2D eigenvalue weighted by Gasteiger charge is -2.06. The maximum Gasteiger partial charge on any atom is 0.343 e. The van der Waals surface area contributed by atoms with Gasteiger partial charge in [-0.25, -0.2) is 4.79 Å². The Hall–Kier alpha value is -3.15. The van der Waals surface area contributed by atoms with Crippen molar-refractivity contribution >= 4 is 57.8 Å². The van der Waals surface area contributed by atoms with Gasteiger partial charge in [0.05, 0.1) is 5.56 Å². The van der Waals surface area contributed by atoms with Crippen LogP contribution in [0.25, 0.3) is 6.08 Å². The monoisotopic (exact) mass is 528 g/mol. The van der Waals surface area contributed by atoms with Gasteiger partial charge < -0.3 is 10.1 Å². The van der Waals surface area contributed by atoms with Crippen molar-refractivity contribution in [1.29, 1.82) is 5.26 Å². The van der Waals surface area contributed by atoms with Gasteiger partial charge in [0.15, 0.2) is 0 Å². The quantitative estimate of drug-likeness (QED) is 0.151. The molecule has 3 rings (SSSR count). The minimum Gasteiger partial charge on any atom is -0.423 e. The molecule has 3 aromatic rings. The Labute approximate surface area is 192 Å². The van der Waals surface area contributed by atoms with Crippen molar-refractivity contribution in [2.24, 2.45) is 0 Å². The van der Waals surface area contributed by atoms with Crippen LogP contribution in [0.5, 0.6) is 5.75 Å². The van der Waals surface area contributed by atoms with E-state index in [4.69, 9.17) is 16.3 Å². The normalized spacial score (nSPS) is 10.8. The first-order chi connectivity index (χ1) is 14.4. The summed E-state index contributed by atoms with van der Waals surface area (Å²) < 4.78 is 6.40. The van der Waals surface area contributed by atoms with E-state index in [1.54, 1.807) is 60.7 Å². The van der Waals surface area contributed by atoms with E-state index in [2.05, 4.69) is 27.9 Å². The molecule has 5 nitrogen and oxygen atoms in total. The van der Waals surface area contributed by atoms with Crippen molar-refractivity contribution in [2.75, 3.05) is 5.32 Å². The summed E-state index contributed by atoms with van der Waals surface area (Å²) in [5, 5.41) is 12.6. The first-order valence-electron chi connectivity index (χ1n) is 8.71. The molecule has 0 unspecified atom stereocenters. The third-order valence-corrected chi connectivity index (χ3v) is 4.90. The fraction of sp³-hybridized carbons (Fsp3) is 0. The summed E-state index contributed by atoms with van der Waals surface area (Å²) in [6.07, 6.45) is 1.43. The molecular formula is C23H14ClIN2O3. The van der Waals surface area contributed by atoms with Crippen molar-refractivity contribution in [1.82, 2.24) is 0 Å². The van der Waals surface area contributed by atoms with Crippen LogP contribution < -0.4 is 10.1 Å². The standard InChI is InChI=1S/C23H14ClIN2O3/c24-18-6-4-16(5-7-18)23(29)30-21-3-1-2-15(13-21)12-17(14-26)22(28)27-20-10-8-19(25)9-11-20/h1-13H,(H,27,28)/b17-12+. The van der Waals surface area contributed by atoms with E-state index in [0.29, 0.717) is 27.6 Å². The van der Waals surface area contributed by atoms with Gasteiger partial charge in [0, 0.05) is 14.3 Å². The number of nitriles is 1. The first-order valence-corrected chi connectivity index (χ1v) is 10.2. The summed E-state index contributed by atoms with van der Waals surface area (Å²) in [5.74, 6) is -0.772. The van der Waals surface area contributed by atoms with Crippen molar-refractivity contribution in [3.05, 3.63) is 98.1 Å². The van der Waals surface area contributed by atoms with Gasteiger partial charge >= 0.3 is 5.97 Å². The summed E-state index contributed by atoms with van der Waals surface area (Å²) >= 11 is 7.99. The number of amides is 1. The summed E-state index contributed by atoms with van der Waals surface area (Å²) in [5.41, 5.74) is 1.42. The molecule has 1 amide bonds. The molecule has 0 aliphatic carbocycles. The van der Waals surface area contributed by atoms with E-state index in [0.717, 1.165) is 3.57 Å². The lowest BCUT2D eigenvalue weighted by Crippen LogP contribution is -2.13. The maximum atomic E-state index is 12.4. The Bertz CT molecular complexity index is 1150. The van der Waals surface area contributed by atoms with Gasteiger partial charge in [-0.2, -0.15) is 5.26 Å². The molecule has 0 aromatic heterocycles. The molecule has 7 heteroatoms. The third kappa shape index (κ3) is 5.92. The van der Waals surface area contributed by atoms with Gasteiger partial charge in [-0.3, -0.25) is 4.79 Å². The molecule has 0 bridgehead atoms. The van der Waals surface area contributed by atoms with Crippen molar-refractivity contribution in [3.8, 4) is 11.8 Å². The Morgan fingerprint density at radius 3 is 2.40 bits per heavy atom. The lowest BCUT2D eigenvalue weighted by molar-refractivity contribution is -0.112. The highest BCUT2D eigenvalue weighted by Crippen LogP contribution is 2.19. The molecule has 3 aromatic carbocycles. The SMILES string of the molecule is N#C/C(=C\c1cccc(OC(=O)c2ccc(Cl)cc2)c1)C(=O)Nc1ccc(I)cc1. The van der Waals surface area contributed by atoms with Gasteiger partial charge in [-0.1, -0.05) is 23.7 Å². The molecule has 0 atom stereocenters. The molecule has 0 saturated heterocycles. The number of carbonyl (C=O) groups excluding carboxylic acids is 2. The number of anilines is 1. The van der Waals surface area contributed by atoms with Gasteiger partial charge in [-0.15, -0.1) is 0 Å². The van der Waals surface area contributed by atoms with E-state index in [-0.39, 0.29) is 5.57 Å². The average molecular weight is 529 g/mol. The highest BCUT2D eigenvalue weighted by molar-refractivity contribution is 14.1. The van der Waals surface area contributed by atoms with Crippen molar-refractivity contribution < 1.29 is 14.3 Å². The van der Waals surface area contributed by atoms with E-state index >= 15 is 0 Å². The van der Waals surface area contributed by atoms with E-state index < -0.39 is 11.9 Å². The van der Waals surface area contributed by atoms with Gasteiger partial charge in [-0.05, 0) is 94.9 Å². The summed E-state index contributed by atoms with van der Waals surface area (Å²) in [6.45, 7) is 0. The van der Waals surface area contributed by atoms with Crippen LogP contribution in [0.1, 0.15) is 15.9 Å². The van der Waals surface area contributed by atoms with Crippen LogP contribution in [0.2, 0.25) is 5.02 Å². The molecule has 0 fully saturated rings. The molecular weight excluding hydrogens is 515 g/mol. The number of esters is 1. The Morgan fingerprint density at radius 2 is 1.73 bits per heavy atom. The van der Waals surface area contributed by atoms with Crippen LogP contribution in [0.3, 0.4) is 0 Å². The smallest absolute Gasteiger partial charge is 0.343 e. The summed E-state index contributed by atoms with van der Waals surface area (Å²) in [7, 11) is 0. The lowest BCUT2D eigenvalue weighted by atomic mass is 10.1. The van der Waals surface area contributed by atoms with Crippen LogP contribution in [-0.4, -0.2) is 11.9 Å². The highest BCUT2D eigenvalue weighted by Gasteiger charge is 2.11. The number of benzene rings is 3. The number of carbonyl (C=O) groups is 2. The largest absolute Gasteiger partial charge is 0.423 e. The number of nitrogens with zero attached hydrogens (tertiary/aromatic N) is 1. The van der Waals surface area contributed by atoms with Crippen LogP contribution >= 0.6 is 34.2 Å². The molecule has 0 spiro atoms. The fourth-order valence-electron chi connectivity index (χ4n) is 2.47. The molecule has 0 aliphatic rings. The summed E-state index contributed by atoms with van der Waals surface area (Å²) in [4.78, 5) is 24.7. The van der Waals surface area contributed by atoms with Gasteiger partial charge in [0.25, 0.3) is 5.91 Å². The number of hydrogen-bond acceptors (Lipinski definition) is 4. The average Bonchev–Trinajstić information content (AvgIpc) is 2.74. The van der Waals surface area contributed by atoms with Gasteiger partial charge in [0.1, 0.15) is 17.4 Å². The molecule has 1 N–H and O–H groups in total. The minimum absolute atomic E-state index is 0.0743. The Morgan fingerprint density at radius 1 is 1.03 bits per heavy atom. The minimum atomic E-state index is -0.537. The number of nitrogens with one attached hydrogen (secondary N) is 1. The Kier molecular flexibility index (Phi) is 7.22. The third-order valence-electron chi connectivity index (χ3n) is 3.93. The molecule has 0 radical (unpaired) electrons. The maximum absolute atomic E-state index is 12.4. The van der Waals surface area contributed by atoms with Crippen molar-refractivity contribution in [3.63, 3.8) is 0 Å². The number of rotatable bonds is 5. The van der Waals surface area contributed by atoms with Crippen LogP contribution in [0.15, 0.2) is 78.4 Å². The van der Waals surface area contributed by atoms with E-state index in [1.165, 1.54) is 6.08 Å².